The summed E-state index contributed by atoms with van der Waals surface area (Å²) in [5, 5.41) is 38.0. The summed E-state index contributed by atoms with van der Waals surface area (Å²) in [6.45, 7) is 5.52. The molecule has 7 amide bonds. The van der Waals surface area contributed by atoms with Gasteiger partial charge in [-0.2, -0.15) is 0 Å². The van der Waals surface area contributed by atoms with Gasteiger partial charge in [0.2, 0.25) is 41.4 Å². The van der Waals surface area contributed by atoms with Crippen molar-refractivity contribution in [3.8, 4) is 5.75 Å². The Labute approximate surface area is 335 Å². The number of phenols is 1. The number of aliphatic hydroxyl groups excluding tert-OH is 1. The molecule has 3 aromatic rings. The minimum absolute atomic E-state index is 0.0285. The van der Waals surface area contributed by atoms with Crippen molar-refractivity contribution in [2.75, 3.05) is 26.2 Å². The number of carbonyl (C=O) groups excluding carboxylic acids is 7. The van der Waals surface area contributed by atoms with Gasteiger partial charge in [-0.15, -0.1) is 0 Å². The second-order valence-corrected chi connectivity index (χ2v) is 15.2. The van der Waals surface area contributed by atoms with E-state index >= 15 is 0 Å². The largest absolute Gasteiger partial charge is 0.508 e. The number of allylic oxidation sites excluding steroid dienone is 2. The predicted octanol–water partition coefficient (Wildman–Crippen LogP) is 0.122. The first-order valence-electron chi connectivity index (χ1n) is 19.3. The molecule has 2 fully saturated rings. The van der Waals surface area contributed by atoms with Crippen molar-refractivity contribution >= 4 is 52.3 Å². The lowest BCUT2D eigenvalue weighted by Gasteiger charge is -2.29. The van der Waals surface area contributed by atoms with Crippen LogP contribution in [0.1, 0.15) is 63.3 Å². The second kappa shape index (κ2) is 19.3. The fraction of sp³-hybridized carbons (Fsp3) is 0.439. The first kappa shape index (κ1) is 42.9. The van der Waals surface area contributed by atoms with Crippen LogP contribution in [-0.4, -0.2) is 112 Å². The Morgan fingerprint density at radius 1 is 0.810 bits per heavy atom. The third kappa shape index (κ3) is 10.8. The molecule has 0 aliphatic carbocycles. The van der Waals surface area contributed by atoms with E-state index in [-0.39, 0.29) is 24.3 Å². The second-order valence-electron chi connectivity index (χ2n) is 15.2. The van der Waals surface area contributed by atoms with Crippen LogP contribution in [0.5, 0.6) is 5.75 Å². The predicted molar refractivity (Wildman–Crippen MR) is 213 cm³/mol. The number of amides is 7. The zero-order chi connectivity index (χ0) is 42.1. The molecule has 9 N–H and O–H groups in total. The molecule has 58 heavy (non-hydrogen) atoms. The molecule has 2 aliphatic rings. The quantitative estimate of drug-likeness (QED) is 0.147. The number of phenolic OH excluding ortho intramolecular Hbond substituents is 1. The van der Waals surface area contributed by atoms with Gasteiger partial charge in [0.15, 0.2) is 0 Å². The van der Waals surface area contributed by atoms with Crippen LogP contribution in [0.2, 0.25) is 0 Å². The topological polar surface area (TPSA) is 251 Å². The molecule has 2 aromatic carbocycles. The summed E-state index contributed by atoms with van der Waals surface area (Å²) in [6, 6.07) is 6.72. The standard InChI is InChI=1S/C41H52N8O9/c1-22(2)11-12-24-16-25(13-14-31(24)50)37(54)36-40(57)45-19-32(51)46-29(17-26-18-42-28-9-6-5-8-27(26)28)41(58)49-15-7-10-30(49)38(55)43-20-33(52)47-35(23(3)4)39(56)44-21-34(53)48-36/h5-6,8-9,11,13-14,16,18,23,29-30,35-37,42,50,54H,7,10,12,15,17,19-21H2,1-4H3,(H,43,55)(H,44,56)(H,45,57)(H,46,51)(H,47,52)(H,48,53)/t29-,30-,35-,36+,37+/m0/s1. The zero-order valence-corrected chi connectivity index (χ0v) is 33.0. The Morgan fingerprint density at radius 3 is 2.10 bits per heavy atom. The van der Waals surface area contributed by atoms with E-state index in [0.29, 0.717) is 30.4 Å². The fourth-order valence-corrected chi connectivity index (χ4v) is 7.04. The molecule has 0 unspecified atom stereocenters. The number of aromatic nitrogens is 1. The number of nitrogens with one attached hydrogen (secondary N) is 7. The highest BCUT2D eigenvalue weighted by atomic mass is 16.3. The highest BCUT2D eigenvalue weighted by molar-refractivity contribution is 5.97. The molecule has 5 atom stereocenters. The molecule has 1 aromatic heterocycles. The Balaban J connectivity index is 1.46. The Morgan fingerprint density at radius 2 is 1.43 bits per heavy atom. The van der Waals surface area contributed by atoms with Gasteiger partial charge in [0.1, 0.15) is 36.0 Å². The van der Waals surface area contributed by atoms with Gasteiger partial charge < -0.3 is 52.0 Å². The molecular weight excluding hydrogens is 748 g/mol. The lowest BCUT2D eigenvalue weighted by atomic mass is 9.97. The number of para-hydroxylation sites is 1. The number of aromatic hydroxyl groups is 1. The molecule has 17 nitrogen and oxygen atoms in total. The number of benzene rings is 2. The minimum atomic E-state index is -1.70. The molecule has 0 bridgehead atoms. The normalized spacial score (nSPS) is 22.4. The number of fused-ring (bicyclic) bond motifs is 2. The van der Waals surface area contributed by atoms with Gasteiger partial charge in [-0.3, -0.25) is 33.6 Å². The van der Waals surface area contributed by atoms with Crippen LogP contribution in [0.25, 0.3) is 10.9 Å². The molecule has 2 saturated heterocycles. The molecule has 0 radical (unpaired) electrons. The highest BCUT2D eigenvalue weighted by Gasteiger charge is 2.39. The van der Waals surface area contributed by atoms with Crippen molar-refractivity contribution in [1.29, 1.82) is 0 Å². The van der Waals surface area contributed by atoms with E-state index in [2.05, 4.69) is 36.9 Å². The molecule has 5 rings (SSSR count). The molecular formula is C41H52N8O9. The third-order valence-electron chi connectivity index (χ3n) is 10.2. The van der Waals surface area contributed by atoms with Crippen molar-refractivity contribution in [3.05, 3.63) is 77.0 Å². The Kier molecular flexibility index (Phi) is 14.3. The monoisotopic (exact) mass is 800 g/mol. The third-order valence-corrected chi connectivity index (χ3v) is 10.2. The smallest absolute Gasteiger partial charge is 0.246 e. The van der Waals surface area contributed by atoms with E-state index in [1.807, 2.05) is 44.2 Å². The van der Waals surface area contributed by atoms with Crippen LogP contribution in [0.15, 0.2) is 60.3 Å². The van der Waals surface area contributed by atoms with E-state index in [9.17, 15) is 43.8 Å². The van der Waals surface area contributed by atoms with Gasteiger partial charge in [-0.25, -0.2) is 0 Å². The first-order valence-corrected chi connectivity index (χ1v) is 19.3. The summed E-state index contributed by atoms with van der Waals surface area (Å²) < 4.78 is 0. The van der Waals surface area contributed by atoms with Crippen molar-refractivity contribution in [2.45, 2.75) is 83.6 Å². The molecule has 0 saturated carbocycles. The lowest BCUT2D eigenvalue weighted by Crippen LogP contribution is -2.56. The van der Waals surface area contributed by atoms with E-state index < -0.39 is 97.2 Å². The zero-order valence-electron chi connectivity index (χ0n) is 33.0. The molecule has 0 spiro atoms. The Bertz CT molecular complexity index is 2070. The number of nitrogens with zero attached hydrogens (tertiary/aromatic N) is 1. The summed E-state index contributed by atoms with van der Waals surface area (Å²) in [5.41, 5.74) is 3.13. The first-order chi connectivity index (χ1) is 27.6. The summed E-state index contributed by atoms with van der Waals surface area (Å²) in [6.07, 6.45) is 3.05. The average Bonchev–Trinajstić information content (AvgIpc) is 3.85. The lowest BCUT2D eigenvalue weighted by molar-refractivity contribution is -0.141. The number of aliphatic hydroxyl groups is 1. The maximum atomic E-state index is 14.3. The minimum Gasteiger partial charge on any atom is -0.508 e. The van der Waals surface area contributed by atoms with Crippen LogP contribution >= 0.6 is 0 Å². The van der Waals surface area contributed by atoms with Gasteiger partial charge in [-0.05, 0) is 73.9 Å². The van der Waals surface area contributed by atoms with Gasteiger partial charge in [-0.1, -0.05) is 49.8 Å². The van der Waals surface area contributed by atoms with E-state index in [0.717, 1.165) is 16.5 Å². The van der Waals surface area contributed by atoms with Crippen molar-refractivity contribution in [2.24, 2.45) is 5.92 Å². The van der Waals surface area contributed by atoms with Crippen molar-refractivity contribution in [1.82, 2.24) is 41.8 Å². The van der Waals surface area contributed by atoms with Crippen LogP contribution in [-0.2, 0) is 46.4 Å². The Hall–Kier alpha value is -6.23. The maximum Gasteiger partial charge on any atom is 0.246 e. The average molecular weight is 801 g/mol. The van der Waals surface area contributed by atoms with Gasteiger partial charge in [0.05, 0.1) is 19.6 Å². The van der Waals surface area contributed by atoms with Crippen LogP contribution < -0.4 is 31.9 Å². The summed E-state index contributed by atoms with van der Waals surface area (Å²) in [5.74, 6) is -5.63. The van der Waals surface area contributed by atoms with Gasteiger partial charge in [0, 0.05) is 30.1 Å². The van der Waals surface area contributed by atoms with E-state index in [4.69, 9.17) is 0 Å². The van der Waals surface area contributed by atoms with Gasteiger partial charge >= 0.3 is 0 Å². The SMILES string of the molecule is CC(C)=CCc1cc([C@@H](O)[C@H]2NC(=O)CNC(=O)[C@H](C(C)C)NC(=O)CNC(=O)[C@@H]3CCCN3C(=O)[C@H](Cc3c[nH]c4ccccc34)NC(=O)CNC2=O)ccc1O. The number of H-pyrrole nitrogens is 1. The summed E-state index contributed by atoms with van der Waals surface area (Å²) in [7, 11) is 0. The van der Waals surface area contributed by atoms with Crippen molar-refractivity contribution in [3.63, 3.8) is 0 Å². The van der Waals surface area contributed by atoms with Crippen LogP contribution in [0.4, 0.5) is 0 Å². The number of hydrogen-bond acceptors (Lipinski definition) is 9. The maximum absolute atomic E-state index is 14.3. The summed E-state index contributed by atoms with van der Waals surface area (Å²) >= 11 is 0. The van der Waals surface area contributed by atoms with E-state index in [1.54, 1.807) is 20.0 Å². The van der Waals surface area contributed by atoms with E-state index in [1.165, 1.54) is 23.1 Å². The summed E-state index contributed by atoms with van der Waals surface area (Å²) in [4.78, 5) is 99.0. The highest BCUT2D eigenvalue weighted by Crippen LogP contribution is 2.26. The fourth-order valence-electron chi connectivity index (χ4n) is 7.04. The van der Waals surface area contributed by atoms with Crippen molar-refractivity contribution < 1.29 is 43.8 Å². The van der Waals surface area contributed by atoms with Crippen LogP contribution in [0.3, 0.4) is 0 Å². The molecule has 3 heterocycles. The number of carbonyl (C=O) groups is 7. The molecule has 17 heteroatoms. The number of hydrogen-bond donors (Lipinski definition) is 9. The number of rotatable bonds is 7. The van der Waals surface area contributed by atoms with Gasteiger partial charge in [0.25, 0.3) is 0 Å². The molecule has 2 aliphatic heterocycles. The number of aromatic amines is 1. The van der Waals surface area contributed by atoms with Crippen LogP contribution in [0, 0.1) is 5.92 Å². The molecule has 310 valence electrons.